The number of carbonyl (C=O) groups is 2. The first kappa shape index (κ1) is 15.8. The number of halogens is 1. The van der Waals surface area contributed by atoms with Crippen LogP contribution in [0.1, 0.15) is 37.7 Å². The Bertz CT molecular complexity index is 609. The Kier molecular flexibility index (Phi) is 5.23. The van der Waals surface area contributed by atoms with Gasteiger partial charge in [0.2, 0.25) is 0 Å². The number of rotatable bonds is 2. The summed E-state index contributed by atoms with van der Waals surface area (Å²) >= 11 is 2.15. The van der Waals surface area contributed by atoms with Crippen LogP contribution in [0, 0.1) is 15.4 Å². The van der Waals surface area contributed by atoms with Crippen LogP contribution in [0.25, 0.3) is 0 Å². The first-order valence-corrected chi connectivity index (χ1v) is 7.93. The highest BCUT2D eigenvalue weighted by Crippen LogP contribution is 2.28. The second kappa shape index (κ2) is 6.94. The SMILES string of the molecule is O=C(C#Cc1ccccc1I)NC1(C(=O)O)CCCCC1. The molecule has 1 saturated carbocycles. The van der Waals surface area contributed by atoms with Gasteiger partial charge in [-0.1, -0.05) is 37.3 Å². The summed E-state index contributed by atoms with van der Waals surface area (Å²) in [5.41, 5.74) is -0.380. The second-order valence-electron chi connectivity index (χ2n) is 5.13. The zero-order valence-corrected chi connectivity index (χ0v) is 13.6. The Morgan fingerprint density at radius 2 is 1.86 bits per heavy atom. The molecule has 110 valence electrons. The van der Waals surface area contributed by atoms with E-state index in [0.29, 0.717) is 12.8 Å². The largest absolute Gasteiger partial charge is 0.480 e. The Morgan fingerprint density at radius 3 is 2.48 bits per heavy atom. The Hall–Kier alpha value is -1.55. The van der Waals surface area contributed by atoms with E-state index in [-0.39, 0.29) is 0 Å². The number of aliphatic carboxylic acids is 1. The van der Waals surface area contributed by atoms with Gasteiger partial charge in [0.15, 0.2) is 0 Å². The van der Waals surface area contributed by atoms with E-state index < -0.39 is 17.4 Å². The van der Waals surface area contributed by atoms with Crippen molar-refractivity contribution < 1.29 is 14.7 Å². The number of hydrogen-bond donors (Lipinski definition) is 2. The molecule has 21 heavy (non-hydrogen) atoms. The first-order chi connectivity index (χ1) is 10.0. The van der Waals surface area contributed by atoms with Crippen molar-refractivity contribution in [3.63, 3.8) is 0 Å². The van der Waals surface area contributed by atoms with Crippen molar-refractivity contribution in [3.05, 3.63) is 33.4 Å². The monoisotopic (exact) mass is 397 g/mol. The van der Waals surface area contributed by atoms with Crippen LogP contribution in [0.3, 0.4) is 0 Å². The highest BCUT2D eigenvalue weighted by Gasteiger charge is 2.40. The summed E-state index contributed by atoms with van der Waals surface area (Å²) in [7, 11) is 0. The van der Waals surface area contributed by atoms with Crippen molar-refractivity contribution in [2.45, 2.75) is 37.6 Å². The van der Waals surface area contributed by atoms with Gasteiger partial charge in [-0.2, -0.15) is 0 Å². The van der Waals surface area contributed by atoms with Crippen LogP contribution >= 0.6 is 22.6 Å². The molecule has 1 aliphatic rings. The third-order valence-corrected chi connectivity index (χ3v) is 4.59. The van der Waals surface area contributed by atoms with E-state index in [9.17, 15) is 14.7 Å². The van der Waals surface area contributed by atoms with Crippen molar-refractivity contribution in [2.24, 2.45) is 0 Å². The lowest BCUT2D eigenvalue weighted by Crippen LogP contribution is -2.55. The summed E-state index contributed by atoms with van der Waals surface area (Å²) in [5.74, 6) is 3.80. The molecule has 2 N–H and O–H groups in total. The van der Waals surface area contributed by atoms with Gasteiger partial charge in [-0.3, -0.25) is 4.79 Å². The molecular formula is C16H16INO3. The highest BCUT2D eigenvalue weighted by atomic mass is 127. The zero-order valence-electron chi connectivity index (χ0n) is 11.5. The van der Waals surface area contributed by atoms with Gasteiger partial charge in [0.05, 0.1) is 0 Å². The Balaban J connectivity index is 2.11. The average molecular weight is 397 g/mol. The average Bonchev–Trinajstić information content (AvgIpc) is 2.47. The molecule has 0 spiro atoms. The van der Waals surface area contributed by atoms with Crippen LogP contribution in [-0.2, 0) is 9.59 Å². The molecular weight excluding hydrogens is 381 g/mol. The molecule has 0 unspecified atom stereocenters. The van der Waals surface area contributed by atoms with Gasteiger partial charge < -0.3 is 10.4 Å². The van der Waals surface area contributed by atoms with Crippen LogP contribution in [-0.4, -0.2) is 22.5 Å². The lowest BCUT2D eigenvalue weighted by atomic mass is 9.81. The van der Waals surface area contributed by atoms with Gasteiger partial charge in [-0.05, 0) is 47.6 Å². The summed E-state index contributed by atoms with van der Waals surface area (Å²) in [6.45, 7) is 0. The van der Waals surface area contributed by atoms with E-state index >= 15 is 0 Å². The minimum absolute atomic E-state index is 0.471. The van der Waals surface area contributed by atoms with Gasteiger partial charge in [-0.25, -0.2) is 4.79 Å². The van der Waals surface area contributed by atoms with Crippen molar-refractivity contribution in [1.29, 1.82) is 0 Å². The molecule has 1 aromatic carbocycles. The predicted molar refractivity (Wildman–Crippen MR) is 87.6 cm³/mol. The van der Waals surface area contributed by atoms with Gasteiger partial charge >= 0.3 is 5.97 Å². The summed E-state index contributed by atoms with van der Waals surface area (Å²) in [6.07, 6.45) is 3.59. The van der Waals surface area contributed by atoms with E-state index in [1.165, 1.54) is 0 Å². The number of carbonyl (C=O) groups excluding carboxylic acids is 1. The molecule has 2 rings (SSSR count). The number of carboxylic acid groups (broad SMARTS) is 1. The maximum atomic E-state index is 12.0. The number of benzene rings is 1. The molecule has 0 aliphatic heterocycles. The predicted octanol–water partition coefficient (Wildman–Crippen LogP) is 2.55. The standard InChI is InChI=1S/C16H16INO3/c17-13-7-3-2-6-12(13)8-9-14(19)18-16(15(20)21)10-4-1-5-11-16/h2-3,6-7H,1,4-5,10-11H2,(H,18,19)(H,20,21). The van der Waals surface area contributed by atoms with Crippen molar-refractivity contribution in [1.82, 2.24) is 5.32 Å². The van der Waals surface area contributed by atoms with E-state index in [1.807, 2.05) is 24.3 Å². The molecule has 0 saturated heterocycles. The van der Waals surface area contributed by atoms with Crippen molar-refractivity contribution in [2.75, 3.05) is 0 Å². The van der Waals surface area contributed by atoms with Gasteiger partial charge in [0, 0.05) is 15.1 Å². The number of nitrogens with one attached hydrogen (secondary N) is 1. The first-order valence-electron chi connectivity index (χ1n) is 6.86. The lowest BCUT2D eigenvalue weighted by Gasteiger charge is -2.33. The van der Waals surface area contributed by atoms with Crippen LogP contribution in [0.2, 0.25) is 0 Å². The van der Waals surface area contributed by atoms with Gasteiger partial charge in [0.25, 0.3) is 5.91 Å². The Morgan fingerprint density at radius 1 is 1.19 bits per heavy atom. The molecule has 1 amide bonds. The van der Waals surface area contributed by atoms with E-state index in [1.54, 1.807) is 0 Å². The third-order valence-electron chi connectivity index (χ3n) is 3.65. The summed E-state index contributed by atoms with van der Waals surface area (Å²) in [5, 5.41) is 12.0. The molecule has 4 nitrogen and oxygen atoms in total. The molecule has 0 aromatic heterocycles. The maximum Gasteiger partial charge on any atom is 0.329 e. The zero-order chi connectivity index (χ0) is 15.3. The molecule has 1 aliphatic carbocycles. The minimum Gasteiger partial charge on any atom is -0.480 e. The fourth-order valence-corrected chi connectivity index (χ4v) is 3.01. The molecule has 0 radical (unpaired) electrons. The van der Waals surface area contributed by atoms with Gasteiger partial charge in [0.1, 0.15) is 5.54 Å². The van der Waals surface area contributed by atoms with Gasteiger partial charge in [-0.15, -0.1) is 0 Å². The quantitative estimate of drug-likeness (QED) is 0.596. The van der Waals surface area contributed by atoms with Crippen LogP contribution in [0.4, 0.5) is 0 Å². The number of hydrogen-bond acceptors (Lipinski definition) is 2. The summed E-state index contributed by atoms with van der Waals surface area (Å²) in [4.78, 5) is 23.4. The maximum absolute atomic E-state index is 12.0. The van der Waals surface area contributed by atoms with Crippen LogP contribution < -0.4 is 5.32 Å². The highest BCUT2D eigenvalue weighted by molar-refractivity contribution is 14.1. The van der Waals surface area contributed by atoms with E-state index in [2.05, 4.69) is 39.7 Å². The van der Waals surface area contributed by atoms with E-state index in [4.69, 9.17) is 0 Å². The van der Waals surface area contributed by atoms with Crippen molar-refractivity contribution in [3.8, 4) is 11.8 Å². The molecule has 0 atom stereocenters. The minimum atomic E-state index is -1.14. The van der Waals surface area contributed by atoms with Crippen LogP contribution in [0.5, 0.6) is 0 Å². The normalized spacial score (nSPS) is 16.4. The fraction of sp³-hybridized carbons (Fsp3) is 0.375. The fourth-order valence-electron chi connectivity index (χ4n) is 2.48. The van der Waals surface area contributed by atoms with E-state index in [0.717, 1.165) is 28.4 Å². The smallest absolute Gasteiger partial charge is 0.329 e. The van der Waals surface area contributed by atoms with Crippen molar-refractivity contribution >= 4 is 34.5 Å². The number of carboxylic acids is 1. The molecule has 0 heterocycles. The molecule has 0 bridgehead atoms. The third kappa shape index (κ3) is 3.97. The Labute approximate surface area is 137 Å². The molecule has 5 heteroatoms. The molecule has 1 fully saturated rings. The topological polar surface area (TPSA) is 66.4 Å². The molecule has 1 aromatic rings. The second-order valence-corrected chi connectivity index (χ2v) is 6.29. The lowest BCUT2D eigenvalue weighted by molar-refractivity contribution is -0.148. The summed E-state index contributed by atoms with van der Waals surface area (Å²) in [6, 6.07) is 7.48. The summed E-state index contributed by atoms with van der Waals surface area (Å²) < 4.78 is 0.959. The van der Waals surface area contributed by atoms with Crippen LogP contribution in [0.15, 0.2) is 24.3 Å². The number of amides is 1.